The third-order valence-corrected chi connectivity index (χ3v) is 4.32. The largest absolute Gasteiger partial charge is 0.355 e. The van der Waals surface area contributed by atoms with Gasteiger partial charge in [-0.25, -0.2) is 0 Å². The molecule has 1 amide bonds. The van der Waals surface area contributed by atoms with E-state index in [1.165, 1.54) is 0 Å². The van der Waals surface area contributed by atoms with E-state index in [2.05, 4.69) is 20.6 Å². The van der Waals surface area contributed by atoms with Crippen molar-refractivity contribution in [3.05, 3.63) is 54.2 Å². The first-order valence-electron chi connectivity index (χ1n) is 7.81. The summed E-state index contributed by atoms with van der Waals surface area (Å²) in [6.45, 7) is 3.10. The SMILES string of the molecule is CC1(c2nc(-c3ccccc3Cn3cccn3)no2)CNC(=O)C1. The van der Waals surface area contributed by atoms with Crippen molar-refractivity contribution in [2.75, 3.05) is 6.54 Å². The topological polar surface area (TPSA) is 85.8 Å². The first kappa shape index (κ1) is 14.6. The standard InChI is InChI=1S/C17H17N5O2/c1-17(9-14(23)18-11-17)16-20-15(21-24-16)13-6-3-2-5-12(13)10-22-8-4-7-19-22/h2-8H,9-11H2,1H3,(H,18,23). The maximum absolute atomic E-state index is 11.5. The number of rotatable bonds is 4. The second-order valence-corrected chi connectivity index (χ2v) is 6.30. The van der Waals surface area contributed by atoms with E-state index in [9.17, 15) is 4.79 Å². The number of carbonyl (C=O) groups is 1. The molecule has 1 saturated heterocycles. The van der Waals surface area contributed by atoms with Gasteiger partial charge in [0, 0.05) is 30.9 Å². The molecule has 1 unspecified atom stereocenters. The van der Waals surface area contributed by atoms with Gasteiger partial charge in [0.25, 0.3) is 0 Å². The number of nitrogens with one attached hydrogen (secondary N) is 1. The second kappa shape index (κ2) is 5.59. The molecule has 122 valence electrons. The Bertz CT molecular complexity index is 871. The van der Waals surface area contributed by atoms with Crippen molar-refractivity contribution in [3.8, 4) is 11.4 Å². The minimum atomic E-state index is -0.445. The zero-order chi connectivity index (χ0) is 16.6. The van der Waals surface area contributed by atoms with Crippen LogP contribution in [0.15, 0.2) is 47.2 Å². The number of nitrogens with zero attached hydrogens (tertiary/aromatic N) is 4. The normalized spacial score (nSPS) is 20.3. The van der Waals surface area contributed by atoms with Gasteiger partial charge in [0.2, 0.25) is 17.6 Å². The summed E-state index contributed by atoms with van der Waals surface area (Å²) in [4.78, 5) is 16.1. The third-order valence-electron chi connectivity index (χ3n) is 4.32. The van der Waals surface area contributed by atoms with E-state index in [0.29, 0.717) is 31.2 Å². The molecular formula is C17H17N5O2. The monoisotopic (exact) mass is 323 g/mol. The predicted molar refractivity (Wildman–Crippen MR) is 86.0 cm³/mol. The van der Waals surface area contributed by atoms with Gasteiger partial charge in [-0.15, -0.1) is 0 Å². The molecule has 0 bridgehead atoms. The first-order valence-corrected chi connectivity index (χ1v) is 7.81. The maximum Gasteiger partial charge on any atom is 0.235 e. The van der Waals surface area contributed by atoms with E-state index in [-0.39, 0.29) is 5.91 Å². The lowest BCUT2D eigenvalue weighted by Crippen LogP contribution is -2.25. The molecule has 0 aliphatic carbocycles. The fourth-order valence-corrected chi connectivity index (χ4v) is 2.95. The number of hydrogen-bond acceptors (Lipinski definition) is 5. The summed E-state index contributed by atoms with van der Waals surface area (Å²) in [6.07, 6.45) is 4.03. The summed E-state index contributed by atoms with van der Waals surface area (Å²) < 4.78 is 7.32. The molecule has 1 aliphatic rings. The highest BCUT2D eigenvalue weighted by molar-refractivity contribution is 5.80. The third kappa shape index (κ3) is 2.58. The Morgan fingerprint density at radius 3 is 2.96 bits per heavy atom. The molecule has 0 radical (unpaired) electrons. The molecule has 7 nitrogen and oxygen atoms in total. The zero-order valence-electron chi connectivity index (χ0n) is 13.3. The van der Waals surface area contributed by atoms with Crippen LogP contribution in [-0.4, -0.2) is 32.4 Å². The van der Waals surface area contributed by atoms with Gasteiger partial charge >= 0.3 is 0 Å². The van der Waals surface area contributed by atoms with Gasteiger partial charge < -0.3 is 9.84 Å². The average molecular weight is 323 g/mol. The number of benzene rings is 1. The highest BCUT2D eigenvalue weighted by Gasteiger charge is 2.40. The van der Waals surface area contributed by atoms with Gasteiger partial charge in [-0.05, 0) is 18.6 Å². The van der Waals surface area contributed by atoms with Crippen LogP contribution in [-0.2, 0) is 16.8 Å². The van der Waals surface area contributed by atoms with E-state index in [0.717, 1.165) is 11.1 Å². The molecule has 1 N–H and O–H groups in total. The molecule has 7 heteroatoms. The molecule has 3 aromatic rings. The van der Waals surface area contributed by atoms with Crippen LogP contribution in [0.4, 0.5) is 0 Å². The van der Waals surface area contributed by atoms with E-state index in [1.54, 1.807) is 6.20 Å². The quantitative estimate of drug-likeness (QED) is 0.790. The van der Waals surface area contributed by atoms with Crippen molar-refractivity contribution in [2.45, 2.75) is 25.3 Å². The molecule has 24 heavy (non-hydrogen) atoms. The minimum Gasteiger partial charge on any atom is -0.355 e. The minimum absolute atomic E-state index is 0.0105. The van der Waals surface area contributed by atoms with Crippen molar-refractivity contribution >= 4 is 5.91 Å². The maximum atomic E-state index is 11.5. The first-order chi connectivity index (χ1) is 11.6. The van der Waals surface area contributed by atoms with Gasteiger partial charge in [-0.3, -0.25) is 9.48 Å². The lowest BCUT2D eigenvalue weighted by atomic mass is 9.89. The molecular weight excluding hydrogens is 306 g/mol. The van der Waals surface area contributed by atoms with Crippen molar-refractivity contribution in [2.24, 2.45) is 0 Å². The number of hydrogen-bond donors (Lipinski definition) is 1. The molecule has 2 aromatic heterocycles. The second-order valence-electron chi connectivity index (χ2n) is 6.30. The molecule has 1 fully saturated rings. The van der Waals surface area contributed by atoms with Crippen LogP contribution in [0, 0.1) is 0 Å². The Morgan fingerprint density at radius 1 is 1.33 bits per heavy atom. The van der Waals surface area contributed by atoms with Crippen LogP contribution in [0.2, 0.25) is 0 Å². The van der Waals surface area contributed by atoms with Crippen LogP contribution in [0.3, 0.4) is 0 Å². The summed E-state index contributed by atoms with van der Waals surface area (Å²) in [6, 6.07) is 9.80. The van der Waals surface area contributed by atoms with Gasteiger partial charge in [0.1, 0.15) is 0 Å². The number of aromatic nitrogens is 4. The average Bonchev–Trinajstić information content (AvgIpc) is 3.30. The van der Waals surface area contributed by atoms with Crippen LogP contribution in [0.5, 0.6) is 0 Å². The lowest BCUT2D eigenvalue weighted by Gasteiger charge is -2.14. The van der Waals surface area contributed by atoms with E-state index in [1.807, 2.05) is 48.1 Å². The van der Waals surface area contributed by atoms with Gasteiger partial charge in [-0.2, -0.15) is 10.1 Å². The predicted octanol–water partition coefficient (Wildman–Crippen LogP) is 1.76. The van der Waals surface area contributed by atoms with Gasteiger partial charge in [0.05, 0.1) is 12.0 Å². The van der Waals surface area contributed by atoms with Crippen molar-refractivity contribution in [1.29, 1.82) is 0 Å². The lowest BCUT2D eigenvalue weighted by molar-refractivity contribution is -0.119. The Kier molecular flexibility index (Phi) is 3.41. The number of amides is 1. The smallest absolute Gasteiger partial charge is 0.235 e. The summed E-state index contributed by atoms with van der Waals surface area (Å²) in [5, 5.41) is 11.2. The van der Waals surface area contributed by atoms with Crippen LogP contribution < -0.4 is 5.32 Å². The molecule has 0 saturated carbocycles. The van der Waals surface area contributed by atoms with E-state index >= 15 is 0 Å². The fourth-order valence-electron chi connectivity index (χ4n) is 2.95. The van der Waals surface area contributed by atoms with Gasteiger partial charge in [0.15, 0.2) is 0 Å². The van der Waals surface area contributed by atoms with E-state index in [4.69, 9.17) is 4.52 Å². The Morgan fingerprint density at radius 2 is 2.21 bits per heavy atom. The summed E-state index contributed by atoms with van der Waals surface area (Å²) in [5.41, 5.74) is 1.52. The Labute approximate surface area is 138 Å². The van der Waals surface area contributed by atoms with Crippen molar-refractivity contribution in [3.63, 3.8) is 0 Å². The highest BCUT2D eigenvalue weighted by Crippen LogP contribution is 2.31. The van der Waals surface area contributed by atoms with Crippen LogP contribution in [0.25, 0.3) is 11.4 Å². The highest BCUT2D eigenvalue weighted by atomic mass is 16.5. The number of carbonyl (C=O) groups excluding carboxylic acids is 1. The summed E-state index contributed by atoms with van der Waals surface area (Å²) in [5.74, 6) is 1.04. The van der Waals surface area contributed by atoms with Crippen LogP contribution >= 0.6 is 0 Å². The Balaban J connectivity index is 1.67. The Hall–Kier alpha value is -2.96. The van der Waals surface area contributed by atoms with Crippen molar-refractivity contribution < 1.29 is 9.32 Å². The van der Waals surface area contributed by atoms with Crippen molar-refractivity contribution in [1.82, 2.24) is 25.2 Å². The summed E-state index contributed by atoms with van der Waals surface area (Å²) >= 11 is 0. The fraction of sp³-hybridized carbons (Fsp3) is 0.294. The zero-order valence-corrected chi connectivity index (χ0v) is 13.3. The molecule has 1 aliphatic heterocycles. The molecule has 4 rings (SSSR count). The molecule has 1 atom stereocenters. The summed E-state index contributed by atoms with van der Waals surface area (Å²) in [7, 11) is 0. The van der Waals surface area contributed by atoms with Gasteiger partial charge in [-0.1, -0.05) is 29.4 Å². The van der Waals surface area contributed by atoms with Crippen LogP contribution in [0.1, 0.15) is 24.8 Å². The molecule has 0 spiro atoms. The molecule has 1 aromatic carbocycles. The van der Waals surface area contributed by atoms with E-state index < -0.39 is 5.41 Å². The molecule has 3 heterocycles.